The van der Waals surface area contributed by atoms with E-state index in [-0.39, 0.29) is 6.42 Å². The van der Waals surface area contributed by atoms with Gasteiger partial charge in [0.15, 0.2) is 5.82 Å². The molecule has 2 atom stereocenters. The van der Waals surface area contributed by atoms with Crippen LogP contribution in [0.5, 0.6) is 0 Å². The Morgan fingerprint density at radius 3 is 2.78 bits per heavy atom. The summed E-state index contributed by atoms with van der Waals surface area (Å²) in [6.07, 6.45) is -1.51. The number of hydrogen-bond acceptors (Lipinski definition) is 5. The summed E-state index contributed by atoms with van der Waals surface area (Å²) in [4.78, 5) is 14.3. The van der Waals surface area contributed by atoms with Gasteiger partial charge in [-0.1, -0.05) is 0 Å². The van der Waals surface area contributed by atoms with Gasteiger partial charge in [-0.25, -0.2) is 9.18 Å². The summed E-state index contributed by atoms with van der Waals surface area (Å²) in [5.41, 5.74) is -1.04. The Kier molecular flexibility index (Phi) is 5.14. The van der Waals surface area contributed by atoms with Gasteiger partial charge in [0, 0.05) is 6.20 Å². The van der Waals surface area contributed by atoms with E-state index >= 15 is 0 Å². The molecule has 0 saturated carbocycles. The molecule has 4 N–H and O–H groups in total. The van der Waals surface area contributed by atoms with E-state index in [0.717, 1.165) is 12.3 Å². The number of rotatable bonds is 6. The summed E-state index contributed by atoms with van der Waals surface area (Å²) >= 11 is 0. The van der Waals surface area contributed by atoms with Gasteiger partial charge in [-0.05, 0) is 26.1 Å². The number of carbonyl (C=O) groups is 1. The van der Waals surface area contributed by atoms with Gasteiger partial charge in [-0.15, -0.1) is 0 Å². The zero-order chi connectivity index (χ0) is 13.7. The molecule has 0 bridgehead atoms. The number of nitrogens with one attached hydrogen (secondary N) is 1. The third-order valence-electron chi connectivity index (χ3n) is 2.48. The van der Waals surface area contributed by atoms with Crippen LogP contribution in [0, 0.1) is 5.82 Å². The van der Waals surface area contributed by atoms with Crippen molar-refractivity contribution >= 4 is 5.97 Å². The van der Waals surface area contributed by atoms with Crippen LogP contribution in [0.25, 0.3) is 0 Å². The number of hydrogen-bond donors (Lipinski definition) is 4. The minimum absolute atomic E-state index is 0.191. The molecule has 1 rings (SSSR count). The Balaban J connectivity index is 2.95. The highest BCUT2D eigenvalue weighted by Gasteiger charge is 2.25. The zero-order valence-corrected chi connectivity index (χ0v) is 9.80. The molecule has 18 heavy (non-hydrogen) atoms. The smallest absolute Gasteiger partial charge is 0.338 e. The molecule has 100 valence electrons. The molecule has 0 radical (unpaired) electrons. The zero-order valence-electron chi connectivity index (χ0n) is 9.80. The van der Waals surface area contributed by atoms with Crippen LogP contribution < -0.4 is 5.32 Å². The predicted molar refractivity (Wildman–Crippen MR) is 60.7 cm³/mol. The van der Waals surface area contributed by atoms with Gasteiger partial charge in [-0.3, -0.25) is 4.98 Å². The highest BCUT2D eigenvalue weighted by atomic mass is 19.1. The summed E-state index contributed by atoms with van der Waals surface area (Å²) < 4.78 is 13.7. The van der Waals surface area contributed by atoms with Gasteiger partial charge in [0.05, 0.1) is 11.7 Å². The molecule has 1 aromatic heterocycles. The van der Waals surface area contributed by atoms with Crippen molar-refractivity contribution in [2.75, 3.05) is 13.6 Å². The van der Waals surface area contributed by atoms with Crippen molar-refractivity contribution in [3.05, 3.63) is 29.3 Å². The third-order valence-corrected chi connectivity index (χ3v) is 2.48. The number of carboxylic acid groups (broad SMARTS) is 1. The third kappa shape index (κ3) is 3.22. The van der Waals surface area contributed by atoms with Crippen molar-refractivity contribution in [1.82, 2.24) is 10.3 Å². The van der Waals surface area contributed by atoms with Crippen LogP contribution in [0.2, 0.25) is 0 Å². The lowest BCUT2D eigenvalue weighted by Gasteiger charge is -2.18. The lowest BCUT2D eigenvalue weighted by molar-refractivity contribution is 0.00912. The number of carboxylic acids is 1. The van der Waals surface area contributed by atoms with E-state index in [9.17, 15) is 19.4 Å². The molecular formula is C11H15FN2O4. The molecule has 0 amide bonds. The first-order valence-electron chi connectivity index (χ1n) is 5.37. The quantitative estimate of drug-likeness (QED) is 0.569. The van der Waals surface area contributed by atoms with E-state index in [2.05, 4.69) is 10.3 Å². The van der Waals surface area contributed by atoms with Crippen molar-refractivity contribution in [3.63, 3.8) is 0 Å². The minimum Gasteiger partial charge on any atom is -0.478 e. The van der Waals surface area contributed by atoms with Crippen molar-refractivity contribution < 1.29 is 24.5 Å². The predicted octanol–water partition coefficient (Wildman–Crippen LogP) is -0.0773. The van der Waals surface area contributed by atoms with Crippen molar-refractivity contribution in [3.8, 4) is 0 Å². The van der Waals surface area contributed by atoms with Gasteiger partial charge in [-0.2, -0.15) is 0 Å². The maximum atomic E-state index is 13.7. The maximum Gasteiger partial charge on any atom is 0.338 e. The average Bonchev–Trinajstić information content (AvgIpc) is 2.35. The summed E-state index contributed by atoms with van der Waals surface area (Å²) in [5.74, 6) is -2.57. The number of aromatic carboxylic acids is 1. The van der Waals surface area contributed by atoms with Crippen LogP contribution in [-0.2, 0) is 0 Å². The maximum absolute atomic E-state index is 13.7. The summed E-state index contributed by atoms with van der Waals surface area (Å²) in [7, 11) is 1.67. The molecule has 0 saturated heterocycles. The summed E-state index contributed by atoms with van der Waals surface area (Å²) in [6.45, 7) is 0.429. The van der Waals surface area contributed by atoms with E-state index in [1.165, 1.54) is 0 Å². The standard InChI is InChI=1S/C11H15FN2O4/c1-13-4-3-7(15)10(16)9-8(12)6(11(17)18)2-5-14-9/h2,5,7,10,13,15-16H,3-4H2,1H3,(H,17,18). The Labute approximate surface area is 103 Å². The number of aromatic nitrogens is 1. The van der Waals surface area contributed by atoms with Crippen LogP contribution in [0.1, 0.15) is 28.6 Å². The molecule has 6 nitrogen and oxygen atoms in total. The van der Waals surface area contributed by atoms with Crippen LogP contribution in [0.15, 0.2) is 12.3 Å². The molecule has 0 aromatic carbocycles. The molecule has 0 aliphatic heterocycles. The van der Waals surface area contributed by atoms with Crippen molar-refractivity contribution in [2.45, 2.75) is 18.6 Å². The Bertz CT molecular complexity index is 428. The first kappa shape index (κ1) is 14.5. The van der Waals surface area contributed by atoms with E-state index in [0.29, 0.717) is 6.54 Å². The lowest BCUT2D eigenvalue weighted by Crippen LogP contribution is -2.25. The second-order valence-electron chi connectivity index (χ2n) is 3.77. The number of aliphatic hydroxyl groups is 2. The first-order chi connectivity index (χ1) is 8.49. The highest BCUT2D eigenvalue weighted by Crippen LogP contribution is 2.21. The molecule has 1 aromatic rings. The SMILES string of the molecule is CNCCC(O)C(O)c1nccc(C(=O)O)c1F. The topological polar surface area (TPSA) is 103 Å². The van der Waals surface area contributed by atoms with Crippen molar-refractivity contribution in [2.24, 2.45) is 0 Å². The highest BCUT2D eigenvalue weighted by molar-refractivity contribution is 5.87. The van der Waals surface area contributed by atoms with E-state index < -0.39 is 35.3 Å². The Morgan fingerprint density at radius 2 is 2.22 bits per heavy atom. The van der Waals surface area contributed by atoms with Gasteiger partial charge in [0.2, 0.25) is 0 Å². The molecule has 2 unspecified atom stereocenters. The number of halogens is 1. The molecule has 0 fully saturated rings. The fraction of sp³-hybridized carbons (Fsp3) is 0.455. The van der Waals surface area contributed by atoms with E-state index in [1.807, 2.05) is 0 Å². The van der Waals surface area contributed by atoms with Crippen molar-refractivity contribution in [1.29, 1.82) is 0 Å². The molecular weight excluding hydrogens is 243 g/mol. The van der Waals surface area contributed by atoms with E-state index in [1.54, 1.807) is 7.05 Å². The van der Waals surface area contributed by atoms with Crippen LogP contribution >= 0.6 is 0 Å². The van der Waals surface area contributed by atoms with E-state index in [4.69, 9.17) is 5.11 Å². The van der Waals surface area contributed by atoms with Crippen LogP contribution in [0.4, 0.5) is 4.39 Å². The normalized spacial score (nSPS) is 14.2. The number of aliphatic hydroxyl groups excluding tert-OH is 2. The molecule has 1 heterocycles. The average molecular weight is 258 g/mol. The lowest BCUT2D eigenvalue weighted by atomic mass is 10.0. The number of pyridine rings is 1. The first-order valence-corrected chi connectivity index (χ1v) is 5.37. The van der Waals surface area contributed by atoms with Gasteiger partial charge in [0.1, 0.15) is 11.8 Å². The molecule has 7 heteroatoms. The fourth-order valence-electron chi connectivity index (χ4n) is 1.46. The second-order valence-corrected chi connectivity index (χ2v) is 3.77. The monoisotopic (exact) mass is 258 g/mol. The minimum atomic E-state index is -1.56. The Hall–Kier alpha value is -1.57. The van der Waals surface area contributed by atoms with Gasteiger partial charge < -0.3 is 20.6 Å². The molecule has 0 spiro atoms. The van der Waals surface area contributed by atoms with Gasteiger partial charge in [0.25, 0.3) is 0 Å². The molecule has 0 aliphatic rings. The van der Waals surface area contributed by atoms with Gasteiger partial charge >= 0.3 is 5.97 Å². The fourth-order valence-corrected chi connectivity index (χ4v) is 1.46. The van der Waals surface area contributed by atoms with Crippen LogP contribution in [-0.4, -0.2) is 46.0 Å². The Morgan fingerprint density at radius 1 is 1.56 bits per heavy atom. The van der Waals surface area contributed by atoms with Crippen LogP contribution in [0.3, 0.4) is 0 Å². The number of nitrogens with zero attached hydrogens (tertiary/aromatic N) is 1. The second kappa shape index (κ2) is 6.39. The molecule has 0 aliphatic carbocycles. The summed E-state index contributed by atoms with van der Waals surface area (Å²) in [6, 6.07) is 0.994. The largest absolute Gasteiger partial charge is 0.478 e. The summed E-state index contributed by atoms with van der Waals surface area (Å²) in [5, 5.41) is 30.8.